The Morgan fingerprint density at radius 3 is 2.35 bits per heavy atom. The molecule has 0 atom stereocenters. The summed E-state index contributed by atoms with van der Waals surface area (Å²) in [7, 11) is 0. The first-order chi connectivity index (χ1) is 25.4. The van der Waals surface area contributed by atoms with E-state index in [1.807, 2.05) is 29.2 Å². The Morgan fingerprint density at radius 2 is 1.62 bits per heavy atom. The minimum absolute atomic E-state index is 0.00203. The lowest BCUT2D eigenvalue weighted by molar-refractivity contribution is -0.136. The molecule has 5 heterocycles. The molecule has 6 rings (SSSR count). The number of hydrogen-bond acceptors (Lipinski definition) is 9. The normalized spacial score (nSPS) is 17.9. The average molecular weight is 742 g/mol. The molecule has 2 aromatic heterocycles. The highest BCUT2D eigenvalue weighted by atomic mass is 35.5. The Kier molecular flexibility index (Phi) is 13.9. The smallest absolute Gasteiger partial charge is 0.238 e. The fourth-order valence-corrected chi connectivity index (χ4v) is 7.84. The topological polar surface area (TPSA) is 106 Å². The number of likely N-dealkylation sites (N-methyl/N-ethyl adjacent to an activating group) is 1. The zero-order valence-electron chi connectivity index (χ0n) is 30.4. The molecule has 0 aliphatic carbocycles. The molecule has 12 nitrogen and oxygen atoms in total. The highest BCUT2D eigenvalue weighted by Crippen LogP contribution is 2.48. The van der Waals surface area contributed by atoms with E-state index in [9.17, 15) is 14.0 Å². The molecule has 284 valence electrons. The van der Waals surface area contributed by atoms with Crippen molar-refractivity contribution < 1.29 is 28.2 Å². The summed E-state index contributed by atoms with van der Waals surface area (Å²) in [6.45, 7) is 13.2. The molecule has 52 heavy (non-hydrogen) atoms. The third kappa shape index (κ3) is 9.11. The summed E-state index contributed by atoms with van der Waals surface area (Å²) >= 11 is 6.28. The van der Waals surface area contributed by atoms with Crippen LogP contribution in [0.1, 0.15) is 50.4 Å². The number of anilines is 1. The number of amides is 2. The van der Waals surface area contributed by atoms with E-state index in [1.54, 1.807) is 17.3 Å². The van der Waals surface area contributed by atoms with E-state index in [-0.39, 0.29) is 31.5 Å². The Morgan fingerprint density at radius 1 is 0.904 bits per heavy atom. The molecule has 3 aliphatic rings. The van der Waals surface area contributed by atoms with Gasteiger partial charge in [0.15, 0.2) is 0 Å². The largest absolute Gasteiger partial charge is 0.379 e. The third-order valence-electron chi connectivity index (χ3n) is 10.8. The van der Waals surface area contributed by atoms with E-state index in [1.165, 1.54) is 0 Å². The van der Waals surface area contributed by atoms with Gasteiger partial charge in [-0.15, -0.1) is 0 Å². The molecule has 0 bridgehead atoms. The summed E-state index contributed by atoms with van der Waals surface area (Å²) in [4.78, 5) is 45.2. The van der Waals surface area contributed by atoms with E-state index < -0.39 is 5.41 Å². The number of imidazole rings is 1. The maximum absolute atomic E-state index is 14.4. The third-order valence-corrected chi connectivity index (χ3v) is 11.0. The molecular weight excluding hydrogens is 689 g/mol. The standard InChI is InChI=1S/C38H53ClFN7O5/c1-2-43-16-18-44(19-17-43)20-22-51-24-26-52-25-23-50-21-8-36(48)45-14-9-38(10-15-45)31-7-12-41-28-34(31)47(37(38)49)29-35-42-32-27-30(39)5-6-33(32)46(35)13-4-3-11-40/h5-7,12,27-28H,2-4,8-11,13-26,29H2,1H3. The van der Waals surface area contributed by atoms with Crippen LogP contribution in [0.2, 0.25) is 5.02 Å². The van der Waals surface area contributed by atoms with Crippen molar-refractivity contribution in [1.29, 1.82) is 0 Å². The van der Waals surface area contributed by atoms with Crippen LogP contribution in [0, 0.1) is 0 Å². The molecule has 1 spiro atoms. The van der Waals surface area contributed by atoms with Crippen molar-refractivity contribution in [3.8, 4) is 0 Å². The van der Waals surface area contributed by atoms with E-state index >= 15 is 0 Å². The van der Waals surface area contributed by atoms with Gasteiger partial charge in [0.05, 0.1) is 87.6 Å². The Hall–Kier alpha value is -3.20. The van der Waals surface area contributed by atoms with Crippen molar-refractivity contribution in [1.82, 2.24) is 29.2 Å². The summed E-state index contributed by atoms with van der Waals surface area (Å²) in [5.41, 5.74) is 2.64. The van der Waals surface area contributed by atoms with Crippen molar-refractivity contribution >= 4 is 40.1 Å². The SMILES string of the molecule is CCN1CCN(CCOCCOCCOCCC(=O)N2CCC3(CC2)C(=O)N(Cc2nc4cc(Cl)ccc4n2CCCCF)c2cnccc23)CC1. The minimum atomic E-state index is -0.731. The van der Waals surface area contributed by atoms with Crippen LogP contribution < -0.4 is 4.90 Å². The van der Waals surface area contributed by atoms with Crippen molar-refractivity contribution in [3.05, 3.63) is 53.1 Å². The number of carbonyl (C=O) groups excluding carboxylic acids is 2. The zero-order chi connectivity index (χ0) is 36.3. The molecule has 1 aromatic carbocycles. The molecule has 0 saturated carbocycles. The number of aromatic nitrogens is 3. The number of unbranched alkanes of at least 4 members (excludes halogenated alkanes) is 1. The van der Waals surface area contributed by atoms with Crippen molar-refractivity contribution in [2.24, 2.45) is 0 Å². The number of ether oxygens (including phenoxy) is 3. The second-order valence-corrected chi connectivity index (χ2v) is 14.3. The lowest BCUT2D eigenvalue weighted by Crippen LogP contribution is -2.50. The van der Waals surface area contributed by atoms with Crippen LogP contribution in [0.5, 0.6) is 0 Å². The van der Waals surface area contributed by atoms with E-state index in [2.05, 4.69) is 26.3 Å². The van der Waals surface area contributed by atoms with Gasteiger partial charge in [-0.3, -0.25) is 23.9 Å². The van der Waals surface area contributed by atoms with Crippen LogP contribution in [0.4, 0.5) is 10.1 Å². The first kappa shape index (κ1) is 38.5. The highest BCUT2D eigenvalue weighted by Gasteiger charge is 2.52. The fourth-order valence-electron chi connectivity index (χ4n) is 7.68. The molecule has 0 N–H and O–H groups in total. The van der Waals surface area contributed by atoms with Gasteiger partial charge >= 0.3 is 0 Å². The van der Waals surface area contributed by atoms with Gasteiger partial charge in [-0.1, -0.05) is 18.5 Å². The van der Waals surface area contributed by atoms with Gasteiger partial charge in [-0.2, -0.15) is 0 Å². The number of likely N-dealkylation sites (tertiary alicyclic amines) is 1. The van der Waals surface area contributed by atoms with E-state index in [4.69, 9.17) is 30.8 Å². The van der Waals surface area contributed by atoms with Gasteiger partial charge in [0.1, 0.15) is 5.82 Å². The molecule has 3 aliphatic heterocycles. The van der Waals surface area contributed by atoms with Crippen LogP contribution in [-0.2, 0) is 42.3 Å². The molecule has 0 radical (unpaired) electrons. The molecule has 14 heteroatoms. The summed E-state index contributed by atoms with van der Waals surface area (Å²) in [5.74, 6) is 0.745. The van der Waals surface area contributed by atoms with Gasteiger partial charge in [-0.25, -0.2) is 4.98 Å². The molecule has 3 aromatic rings. The summed E-state index contributed by atoms with van der Waals surface area (Å²) in [6, 6.07) is 7.50. The second-order valence-electron chi connectivity index (χ2n) is 13.8. The van der Waals surface area contributed by atoms with Crippen LogP contribution in [-0.4, -0.2) is 140 Å². The van der Waals surface area contributed by atoms with Gasteiger partial charge in [0.25, 0.3) is 0 Å². The number of aryl methyl sites for hydroxylation is 1. The number of halogens is 2. The summed E-state index contributed by atoms with van der Waals surface area (Å²) in [6.07, 6.45) is 5.93. The summed E-state index contributed by atoms with van der Waals surface area (Å²) in [5, 5.41) is 0.583. The monoisotopic (exact) mass is 741 g/mol. The van der Waals surface area contributed by atoms with Gasteiger partial charge in [0.2, 0.25) is 11.8 Å². The summed E-state index contributed by atoms with van der Waals surface area (Å²) < 4.78 is 32.1. The van der Waals surface area contributed by atoms with Crippen molar-refractivity contribution in [2.45, 2.75) is 57.5 Å². The van der Waals surface area contributed by atoms with Crippen LogP contribution in [0.25, 0.3) is 11.0 Å². The quantitative estimate of drug-likeness (QED) is 0.166. The average Bonchev–Trinajstić information content (AvgIpc) is 3.61. The maximum Gasteiger partial charge on any atom is 0.238 e. The van der Waals surface area contributed by atoms with Crippen LogP contribution in [0.3, 0.4) is 0 Å². The van der Waals surface area contributed by atoms with Gasteiger partial charge in [0, 0.05) is 63.6 Å². The van der Waals surface area contributed by atoms with Crippen LogP contribution in [0.15, 0.2) is 36.7 Å². The number of alkyl halides is 1. The Bertz CT molecular complexity index is 1630. The number of carbonyl (C=O) groups is 2. The zero-order valence-corrected chi connectivity index (χ0v) is 31.2. The predicted octanol–water partition coefficient (Wildman–Crippen LogP) is 4.32. The number of piperidine rings is 1. The second kappa shape index (κ2) is 18.7. The lowest BCUT2D eigenvalue weighted by Gasteiger charge is -2.38. The first-order valence-corrected chi connectivity index (χ1v) is 19.2. The minimum Gasteiger partial charge on any atom is -0.379 e. The van der Waals surface area contributed by atoms with E-state index in [0.717, 1.165) is 67.4 Å². The highest BCUT2D eigenvalue weighted by molar-refractivity contribution is 6.31. The number of piperazine rings is 1. The Labute approximate surface area is 311 Å². The van der Waals surface area contributed by atoms with Crippen molar-refractivity contribution in [2.75, 3.05) is 104 Å². The number of fused-ring (bicyclic) bond motifs is 3. The maximum atomic E-state index is 14.4. The molecular formula is C38H53ClFN7O5. The molecule has 2 saturated heterocycles. The molecule has 2 amide bonds. The van der Waals surface area contributed by atoms with E-state index in [0.29, 0.717) is 90.0 Å². The Balaban J connectivity index is 0.929. The van der Waals surface area contributed by atoms with Gasteiger partial charge < -0.3 is 33.5 Å². The van der Waals surface area contributed by atoms with Crippen molar-refractivity contribution in [3.63, 3.8) is 0 Å². The number of nitrogens with zero attached hydrogens (tertiary/aromatic N) is 7. The number of benzene rings is 1. The lowest BCUT2D eigenvalue weighted by atomic mass is 9.74. The molecule has 0 unspecified atom stereocenters. The molecule has 2 fully saturated rings. The van der Waals surface area contributed by atoms with Crippen LogP contribution >= 0.6 is 11.6 Å². The first-order valence-electron chi connectivity index (χ1n) is 18.9. The fraction of sp³-hybridized carbons (Fsp3) is 0.632. The number of rotatable bonds is 19. The predicted molar refractivity (Wildman–Crippen MR) is 198 cm³/mol. The number of hydrogen-bond donors (Lipinski definition) is 0. The number of pyridine rings is 1. The van der Waals surface area contributed by atoms with Gasteiger partial charge in [-0.05, 0) is 62.1 Å².